The van der Waals surface area contributed by atoms with Crippen molar-refractivity contribution in [2.75, 3.05) is 5.32 Å². The zero-order chi connectivity index (χ0) is 14.0. The molecule has 2 amide bonds. The molecule has 0 bridgehead atoms. The van der Waals surface area contributed by atoms with Crippen LogP contribution in [0.1, 0.15) is 27.9 Å². The number of amides is 2. The number of carbonyl (C=O) groups excluding carboxylic acids is 2. The summed E-state index contributed by atoms with van der Waals surface area (Å²) < 4.78 is 3.04. The second-order valence-corrected chi connectivity index (χ2v) is 3.94. The van der Waals surface area contributed by atoms with Crippen molar-refractivity contribution in [1.82, 2.24) is 19.6 Å². The number of aryl methyl sites for hydroxylation is 2. The molecule has 0 aliphatic heterocycles. The van der Waals surface area contributed by atoms with Crippen LogP contribution in [0.4, 0.5) is 5.69 Å². The number of primary amides is 1. The van der Waals surface area contributed by atoms with Crippen LogP contribution in [-0.2, 0) is 13.6 Å². The highest BCUT2D eigenvalue weighted by Gasteiger charge is 2.17. The van der Waals surface area contributed by atoms with E-state index in [-0.39, 0.29) is 17.1 Å². The highest BCUT2D eigenvalue weighted by atomic mass is 16.2. The molecular weight excluding hydrogens is 248 g/mol. The first-order valence-corrected chi connectivity index (χ1v) is 5.69. The van der Waals surface area contributed by atoms with Crippen LogP contribution in [0.3, 0.4) is 0 Å². The lowest BCUT2D eigenvalue weighted by atomic mass is 10.3. The molecule has 2 rings (SSSR count). The lowest BCUT2D eigenvalue weighted by Gasteiger charge is -2.00. The molecule has 19 heavy (non-hydrogen) atoms. The molecule has 3 N–H and O–H groups in total. The highest BCUT2D eigenvalue weighted by Crippen LogP contribution is 2.14. The van der Waals surface area contributed by atoms with E-state index in [2.05, 4.69) is 15.5 Å². The largest absolute Gasteiger partial charge is 0.364 e. The van der Waals surface area contributed by atoms with Crippen molar-refractivity contribution in [3.63, 3.8) is 0 Å². The maximum absolute atomic E-state index is 11.9. The molecule has 0 fully saturated rings. The van der Waals surface area contributed by atoms with Gasteiger partial charge in [-0.25, -0.2) is 0 Å². The van der Waals surface area contributed by atoms with Crippen molar-refractivity contribution in [1.29, 1.82) is 0 Å². The van der Waals surface area contributed by atoms with Crippen molar-refractivity contribution in [3.8, 4) is 0 Å². The van der Waals surface area contributed by atoms with Gasteiger partial charge in [0.15, 0.2) is 11.4 Å². The van der Waals surface area contributed by atoms with Crippen LogP contribution in [0.5, 0.6) is 0 Å². The first-order chi connectivity index (χ1) is 9.01. The van der Waals surface area contributed by atoms with Crippen LogP contribution >= 0.6 is 0 Å². The zero-order valence-electron chi connectivity index (χ0n) is 10.6. The quantitative estimate of drug-likeness (QED) is 0.807. The Morgan fingerprint density at radius 1 is 1.42 bits per heavy atom. The average Bonchev–Trinajstić information content (AvgIpc) is 2.95. The van der Waals surface area contributed by atoms with Crippen LogP contribution in [0.25, 0.3) is 0 Å². The van der Waals surface area contributed by atoms with Gasteiger partial charge in [0, 0.05) is 26.0 Å². The third-order valence-corrected chi connectivity index (χ3v) is 2.51. The molecule has 0 spiro atoms. The second kappa shape index (κ2) is 4.92. The summed E-state index contributed by atoms with van der Waals surface area (Å²) in [4.78, 5) is 23.2. The second-order valence-electron chi connectivity index (χ2n) is 3.94. The number of nitrogens with one attached hydrogen (secondary N) is 1. The number of carbonyl (C=O) groups is 2. The first-order valence-electron chi connectivity index (χ1n) is 5.69. The van der Waals surface area contributed by atoms with Gasteiger partial charge in [-0.1, -0.05) is 0 Å². The van der Waals surface area contributed by atoms with E-state index in [0.29, 0.717) is 6.54 Å². The van der Waals surface area contributed by atoms with Crippen LogP contribution in [0, 0.1) is 0 Å². The molecule has 100 valence electrons. The van der Waals surface area contributed by atoms with E-state index in [0.717, 1.165) is 0 Å². The molecule has 0 aliphatic rings. The highest BCUT2D eigenvalue weighted by molar-refractivity contribution is 6.06. The SMILES string of the molecule is CCn1cc(NC(=O)c2ccn(C)n2)c(C(N)=O)n1. The van der Waals surface area contributed by atoms with Crippen LogP contribution in [-0.4, -0.2) is 31.4 Å². The minimum absolute atomic E-state index is 0.0335. The number of nitrogens with zero attached hydrogens (tertiary/aromatic N) is 4. The van der Waals surface area contributed by atoms with E-state index >= 15 is 0 Å². The van der Waals surface area contributed by atoms with E-state index in [1.165, 1.54) is 9.36 Å². The Morgan fingerprint density at radius 3 is 2.68 bits per heavy atom. The van der Waals surface area contributed by atoms with Gasteiger partial charge in [-0.3, -0.25) is 19.0 Å². The maximum Gasteiger partial charge on any atom is 0.276 e. The summed E-state index contributed by atoms with van der Waals surface area (Å²) in [6.07, 6.45) is 3.21. The van der Waals surface area contributed by atoms with E-state index in [1.54, 1.807) is 25.5 Å². The number of rotatable bonds is 4. The molecule has 8 nitrogen and oxygen atoms in total. The molecule has 0 aliphatic carbocycles. The third kappa shape index (κ3) is 2.62. The van der Waals surface area contributed by atoms with Crippen molar-refractivity contribution >= 4 is 17.5 Å². The Hall–Kier alpha value is -2.64. The summed E-state index contributed by atoms with van der Waals surface area (Å²) in [6, 6.07) is 1.57. The summed E-state index contributed by atoms with van der Waals surface area (Å²) >= 11 is 0. The minimum atomic E-state index is -0.691. The topological polar surface area (TPSA) is 108 Å². The van der Waals surface area contributed by atoms with Gasteiger partial charge in [-0.2, -0.15) is 10.2 Å². The molecule has 2 heterocycles. The van der Waals surface area contributed by atoms with Gasteiger partial charge >= 0.3 is 0 Å². The predicted octanol–water partition coefficient (Wildman–Crippen LogP) is -0.0123. The minimum Gasteiger partial charge on any atom is -0.364 e. The summed E-state index contributed by atoms with van der Waals surface area (Å²) in [5.41, 5.74) is 5.78. The smallest absolute Gasteiger partial charge is 0.276 e. The van der Waals surface area contributed by atoms with Gasteiger partial charge < -0.3 is 11.1 Å². The Morgan fingerprint density at radius 2 is 2.16 bits per heavy atom. The van der Waals surface area contributed by atoms with Crippen molar-refractivity contribution in [2.45, 2.75) is 13.5 Å². The molecule has 0 radical (unpaired) electrons. The standard InChI is InChI=1S/C11H14N6O2/c1-3-17-6-8(9(15-17)10(12)18)13-11(19)7-4-5-16(2)14-7/h4-6H,3H2,1-2H3,(H2,12,18)(H,13,19). The van der Waals surface area contributed by atoms with E-state index in [4.69, 9.17) is 5.73 Å². The fourth-order valence-electron chi connectivity index (χ4n) is 1.58. The lowest BCUT2D eigenvalue weighted by Crippen LogP contribution is -2.18. The Balaban J connectivity index is 2.25. The fraction of sp³-hybridized carbons (Fsp3) is 0.273. The van der Waals surface area contributed by atoms with Gasteiger partial charge in [0.05, 0.1) is 5.69 Å². The molecule has 2 aromatic heterocycles. The van der Waals surface area contributed by atoms with Crippen LogP contribution < -0.4 is 11.1 Å². The number of nitrogens with two attached hydrogens (primary N) is 1. The molecule has 0 aromatic carbocycles. The summed E-state index contributed by atoms with van der Waals surface area (Å²) in [6.45, 7) is 2.43. The molecule has 2 aromatic rings. The maximum atomic E-state index is 11.9. The summed E-state index contributed by atoms with van der Waals surface area (Å²) in [7, 11) is 1.71. The average molecular weight is 262 g/mol. The van der Waals surface area contributed by atoms with Gasteiger partial charge in [0.2, 0.25) is 0 Å². The number of hydrogen-bond acceptors (Lipinski definition) is 4. The molecular formula is C11H14N6O2. The normalized spacial score (nSPS) is 10.4. The number of anilines is 1. The summed E-state index contributed by atoms with van der Waals surface area (Å²) in [5, 5.41) is 10.5. The monoisotopic (exact) mass is 262 g/mol. The Bertz CT molecular complexity index is 627. The van der Waals surface area contributed by atoms with Crippen molar-refractivity contribution in [3.05, 3.63) is 29.8 Å². The lowest BCUT2D eigenvalue weighted by molar-refractivity contribution is 0.0995. The molecule has 0 saturated carbocycles. The zero-order valence-corrected chi connectivity index (χ0v) is 10.6. The molecule has 0 atom stereocenters. The van der Waals surface area contributed by atoms with Crippen LogP contribution in [0.15, 0.2) is 18.5 Å². The van der Waals surface area contributed by atoms with Gasteiger partial charge in [0.25, 0.3) is 11.8 Å². The molecule has 8 heteroatoms. The van der Waals surface area contributed by atoms with Gasteiger partial charge in [0.1, 0.15) is 0 Å². The van der Waals surface area contributed by atoms with E-state index in [1.807, 2.05) is 6.92 Å². The van der Waals surface area contributed by atoms with Gasteiger partial charge in [-0.15, -0.1) is 0 Å². The molecule has 0 saturated heterocycles. The fourth-order valence-corrected chi connectivity index (χ4v) is 1.58. The van der Waals surface area contributed by atoms with Crippen molar-refractivity contribution in [2.24, 2.45) is 12.8 Å². The predicted molar refractivity (Wildman–Crippen MR) is 67.6 cm³/mol. The number of hydrogen-bond donors (Lipinski definition) is 2. The Labute approximate surface area is 109 Å². The Kier molecular flexibility index (Phi) is 3.32. The first kappa shape index (κ1) is 12.8. The molecule has 0 unspecified atom stereocenters. The van der Waals surface area contributed by atoms with Gasteiger partial charge in [-0.05, 0) is 13.0 Å². The third-order valence-electron chi connectivity index (χ3n) is 2.51. The summed E-state index contributed by atoms with van der Waals surface area (Å²) in [5.74, 6) is -1.11. The van der Waals surface area contributed by atoms with E-state index < -0.39 is 11.8 Å². The van der Waals surface area contributed by atoms with Crippen molar-refractivity contribution < 1.29 is 9.59 Å². The van der Waals surface area contributed by atoms with Crippen LogP contribution in [0.2, 0.25) is 0 Å². The number of aromatic nitrogens is 4. The van der Waals surface area contributed by atoms with E-state index in [9.17, 15) is 9.59 Å².